The van der Waals surface area contributed by atoms with Gasteiger partial charge in [0.15, 0.2) is 17.4 Å². The molecule has 0 saturated carbocycles. The first kappa shape index (κ1) is 21.0. The Morgan fingerprint density at radius 1 is 1.36 bits per heavy atom. The third-order valence-corrected chi connectivity index (χ3v) is 6.23. The molecule has 3 heterocycles. The van der Waals surface area contributed by atoms with Crippen molar-refractivity contribution in [2.24, 2.45) is 0 Å². The normalized spacial score (nSPS) is 29.6. The Labute approximate surface area is 155 Å². The average Bonchev–Trinajstić information content (AvgIpc) is 3.06. The van der Waals surface area contributed by atoms with Crippen molar-refractivity contribution in [2.75, 3.05) is 19.0 Å². The highest BCUT2D eigenvalue weighted by molar-refractivity contribution is 7.63. The van der Waals surface area contributed by atoms with Crippen LogP contribution in [-0.2, 0) is 22.7 Å². The predicted octanol–water partition coefficient (Wildman–Crippen LogP) is -1.73. The van der Waals surface area contributed by atoms with Gasteiger partial charge in [0.1, 0.15) is 18.3 Å². The highest BCUT2D eigenvalue weighted by atomic mass is 31.3. The first-order valence-electron chi connectivity index (χ1n) is 7.61. The van der Waals surface area contributed by atoms with E-state index in [2.05, 4.69) is 23.8 Å². The molecule has 1 aliphatic heterocycles. The molecule has 0 spiro atoms. The lowest BCUT2D eigenvalue weighted by Crippen LogP contribution is -2.33. The van der Waals surface area contributed by atoms with Crippen LogP contribution in [0.3, 0.4) is 0 Å². The maximum Gasteiger partial charge on any atom is 0.479 e. The van der Waals surface area contributed by atoms with E-state index in [1.165, 1.54) is 0 Å². The van der Waals surface area contributed by atoms with Crippen molar-refractivity contribution >= 4 is 32.5 Å². The molecule has 28 heavy (non-hydrogen) atoms. The zero-order valence-electron chi connectivity index (χ0n) is 14.1. The summed E-state index contributed by atoms with van der Waals surface area (Å²) in [6, 6.07) is 0. The summed E-state index contributed by atoms with van der Waals surface area (Å²) in [5.74, 6) is -0.210. The zero-order valence-corrected chi connectivity index (χ0v) is 15.9. The fourth-order valence-corrected chi connectivity index (χ4v) is 4.66. The Kier molecular flexibility index (Phi) is 5.49. The zero-order chi connectivity index (χ0) is 20.9. The van der Waals surface area contributed by atoms with Gasteiger partial charge in [0.2, 0.25) is 5.95 Å². The molecular formula is C11H17N5O10P2. The molecule has 15 nitrogen and oxygen atoms in total. The van der Waals surface area contributed by atoms with Gasteiger partial charge in [-0.25, -0.2) is 13.9 Å². The molecule has 17 heteroatoms. The number of H-pyrrole nitrogens is 1. The van der Waals surface area contributed by atoms with Crippen LogP contribution in [0.2, 0.25) is 0 Å². The van der Waals surface area contributed by atoms with E-state index in [1.807, 2.05) is 0 Å². The molecule has 0 bridgehead atoms. The molecule has 6 atom stereocenters. The van der Waals surface area contributed by atoms with E-state index < -0.39 is 52.1 Å². The van der Waals surface area contributed by atoms with E-state index in [0.717, 1.165) is 10.9 Å². The smallest absolute Gasteiger partial charge is 0.387 e. The predicted molar refractivity (Wildman–Crippen MR) is 91.1 cm³/mol. The number of fused-ring (bicyclic) bond motifs is 1. The first-order chi connectivity index (χ1) is 12.9. The van der Waals surface area contributed by atoms with Gasteiger partial charge in [-0.2, -0.15) is 4.98 Å². The van der Waals surface area contributed by atoms with E-state index in [4.69, 9.17) is 15.4 Å². The summed E-state index contributed by atoms with van der Waals surface area (Å²) in [4.78, 5) is 40.2. The number of imidazole rings is 1. The number of hydrogen-bond donors (Lipinski definition) is 6. The quantitative estimate of drug-likeness (QED) is 0.274. The van der Waals surface area contributed by atoms with E-state index >= 15 is 0 Å². The first-order valence-corrected chi connectivity index (χ1v) is 11.1. The minimum absolute atomic E-state index is 0.0255. The molecule has 1 fully saturated rings. The Bertz CT molecular complexity index is 1030. The Morgan fingerprint density at radius 3 is 2.68 bits per heavy atom. The van der Waals surface area contributed by atoms with Gasteiger partial charge >= 0.3 is 15.4 Å². The fraction of sp³-hybridized carbons (Fsp3) is 0.545. The van der Waals surface area contributed by atoms with Crippen LogP contribution in [0.25, 0.3) is 11.2 Å². The summed E-state index contributed by atoms with van der Waals surface area (Å²) in [5, 5.41) is 20.4. The van der Waals surface area contributed by atoms with Crippen molar-refractivity contribution < 1.29 is 42.7 Å². The monoisotopic (exact) mass is 441 g/mol. The summed E-state index contributed by atoms with van der Waals surface area (Å²) >= 11 is 0. The van der Waals surface area contributed by atoms with E-state index in [0.29, 0.717) is 6.66 Å². The van der Waals surface area contributed by atoms with Crippen LogP contribution in [0.15, 0.2) is 11.1 Å². The highest BCUT2D eigenvalue weighted by Crippen LogP contribution is 2.58. The lowest BCUT2D eigenvalue weighted by atomic mass is 10.1. The van der Waals surface area contributed by atoms with Gasteiger partial charge in [0.05, 0.1) is 12.9 Å². The molecule has 6 unspecified atom stereocenters. The molecule has 2 aromatic rings. The van der Waals surface area contributed by atoms with Gasteiger partial charge in [-0.05, 0) is 0 Å². The number of hydrogen-bond acceptors (Lipinski definition) is 11. The maximum absolute atomic E-state index is 11.8. The number of aromatic nitrogens is 4. The number of anilines is 1. The second-order valence-corrected chi connectivity index (χ2v) is 9.42. The molecule has 156 valence electrons. The molecule has 7 N–H and O–H groups in total. The van der Waals surface area contributed by atoms with Gasteiger partial charge in [0, 0.05) is 6.66 Å². The molecule has 2 aromatic heterocycles. The number of aliphatic hydroxyl groups is 2. The molecule has 1 aliphatic rings. The second kappa shape index (κ2) is 7.30. The number of phosphoric acid groups is 1. The largest absolute Gasteiger partial charge is 0.479 e. The Hall–Kier alpha value is -1.67. The van der Waals surface area contributed by atoms with E-state index in [9.17, 15) is 29.0 Å². The second-order valence-electron chi connectivity index (χ2n) is 5.97. The maximum atomic E-state index is 11.8. The molecule has 0 aromatic carbocycles. The average molecular weight is 441 g/mol. The molecule has 3 rings (SSSR count). The lowest BCUT2D eigenvalue weighted by molar-refractivity contribution is -0.0501. The molecular weight excluding hydrogens is 424 g/mol. The molecule has 0 radical (unpaired) electrons. The van der Waals surface area contributed by atoms with Crippen molar-refractivity contribution in [3.8, 4) is 0 Å². The van der Waals surface area contributed by atoms with Crippen LogP contribution in [0.1, 0.15) is 6.23 Å². The number of aromatic amines is 1. The van der Waals surface area contributed by atoms with Gasteiger partial charge in [-0.1, -0.05) is 0 Å². The number of phosphoric ester groups is 1. The molecule has 1 saturated heterocycles. The van der Waals surface area contributed by atoms with Crippen molar-refractivity contribution in [3.05, 3.63) is 16.7 Å². The van der Waals surface area contributed by atoms with Crippen LogP contribution >= 0.6 is 15.4 Å². The van der Waals surface area contributed by atoms with Crippen molar-refractivity contribution in [1.29, 1.82) is 0 Å². The van der Waals surface area contributed by atoms with Crippen molar-refractivity contribution in [2.45, 2.75) is 24.5 Å². The van der Waals surface area contributed by atoms with Gasteiger partial charge in [0.25, 0.3) is 5.56 Å². The van der Waals surface area contributed by atoms with Gasteiger partial charge < -0.3 is 30.5 Å². The number of nitrogens with two attached hydrogens (primary N) is 1. The molecule has 0 amide bonds. The topological polar surface area (TPSA) is 232 Å². The van der Waals surface area contributed by atoms with Crippen LogP contribution in [-0.4, -0.2) is 71.1 Å². The lowest BCUT2D eigenvalue weighted by Gasteiger charge is -2.18. The van der Waals surface area contributed by atoms with Crippen LogP contribution in [0.4, 0.5) is 5.95 Å². The van der Waals surface area contributed by atoms with Crippen LogP contribution in [0, 0.1) is 0 Å². The number of nitrogens with one attached hydrogen (secondary N) is 1. The van der Waals surface area contributed by atoms with Gasteiger partial charge in [-0.3, -0.25) is 23.4 Å². The summed E-state index contributed by atoms with van der Waals surface area (Å²) < 4.78 is 37.9. The van der Waals surface area contributed by atoms with Crippen molar-refractivity contribution in [1.82, 2.24) is 19.5 Å². The number of rotatable bonds is 6. The number of nitrogens with zero attached hydrogens (tertiary/aromatic N) is 3. The van der Waals surface area contributed by atoms with Crippen LogP contribution in [0.5, 0.6) is 0 Å². The Morgan fingerprint density at radius 2 is 2.04 bits per heavy atom. The highest BCUT2D eigenvalue weighted by Gasteiger charge is 2.45. The third-order valence-electron chi connectivity index (χ3n) is 3.72. The minimum Gasteiger partial charge on any atom is -0.387 e. The minimum atomic E-state index is -4.92. The van der Waals surface area contributed by atoms with Crippen molar-refractivity contribution in [3.63, 3.8) is 0 Å². The number of aliphatic hydroxyl groups excluding tert-OH is 2. The molecule has 0 aliphatic carbocycles. The number of ether oxygens (including phenoxy) is 1. The standard InChI is InChI=1S/C11H17N5O10P2/c1-27(20,21)26-28(22,23)24-2-4-6(17)7(18)10(25-4)16-3-13-5-8(16)14-11(12)15-9(5)19/h3-4,6-7,10,17-18H,2H2,1H3,(H,20,21)(H,22,23)(H3,12,14,15,19). The fourth-order valence-electron chi connectivity index (χ4n) is 2.61. The summed E-state index contributed by atoms with van der Waals surface area (Å²) in [6.07, 6.45) is -4.60. The third kappa shape index (κ3) is 4.33. The summed E-state index contributed by atoms with van der Waals surface area (Å²) in [5.41, 5.74) is 4.75. The van der Waals surface area contributed by atoms with E-state index in [1.54, 1.807) is 0 Å². The van der Waals surface area contributed by atoms with E-state index in [-0.39, 0.29) is 17.1 Å². The summed E-state index contributed by atoms with van der Waals surface area (Å²) in [6.45, 7) is -0.0736. The summed E-state index contributed by atoms with van der Waals surface area (Å²) in [7, 11) is -9.24. The SMILES string of the molecule is CP(=O)(O)OP(=O)(O)OCC1OC(n2cnc3c(=O)[nH]c(N)nc32)C(O)C1O. The van der Waals surface area contributed by atoms with Gasteiger partial charge in [-0.15, -0.1) is 0 Å². The Balaban J connectivity index is 1.79. The van der Waals surface area contributed by atoms with Crippen LogP contribution < -0.4 is 11.3 Å². The number of nitrogen functional groups attached to an aromatic ring is 1.